The Labute approximate surface area is 227 Å². The highest BCUT2D eigenvalue weighted by atomic mass is 32.2. The molecule has 7 nitrogen and oxygen atoms in total. The fourth-order valence-corrected chi connectivity index (χ4v) is 4.91. The fourth-order valence-electron chi connectivity index (χ4n) is 4.29. The summed E-state index contributed by atoms with van der Waals surface area (Å²) in [5.74, 6) is -4.91. The molecule has 0 bridgehead atoms. The van der Waals surface area contributed by atoms with Crippen LogP contribution in [-0.4, -0.2) is 31.2 Å². The van der Waals surface area contributed by atoms with Crippen LogP contribution in [0.25, 0.3) is 22.0 Å². The Morgan fingerprint density at radius 2 is 1.73 bits per heavy atom. The Morgan fingerprint density at radius 1 is 1.02 bits per heavy atom. The van der Waals surface area contributed by atoms with Crippen molar-refractivity contribution in [2.24, 2.45) is 0 Å². The summed E-state index contributed by atoms with van der Waals surface area (Å²) in [5.41, 5.74) is -2.16. The van der Waals surface area contributed by atoms with E-state index >= 15 is 8.78 Å². The monoisotopic (exact) mass is 580 g/mol. The van der Waals surface area contributed by atoms with E-state index in [0.717, 1.165) is 24.3 Å². The molecular formula is C27H21F5N2O5S. The average molecular weight is 581 g/mol. The van der Waals surface area contributed by atoms with E-state index in [1.54, 1.807) is 20.8 Å². The molecule has 4 rings (SSSR count). The molecule has 1 unspecified atom stereocenters. The summed E-state index contributed by atoms with van der Waals surface area (Å²) in [6.07, 6.45) is -4.00. The molecule has 1 heterocycles. The second-order valence-electron chi connectivity index (χ2n) is 9.62. The quantitative estimate of drug-likeness (QED) is 0.183. The first-order valence-electron chi connectivity index (χ1n) is 11.5. The first-order chi connectivity index (χ1) is 18.6. The van der Waals surface area contributed by atoms with Crippen molar-refractivity contribution in [1.82, 2.24) is 4.98 Å². The maximum atomic E-state index is 15.9. The van der Waals surface area contributed by atoms with Crippen LogP contribution in [-0.2, 0) is 16.7 Å². The zero-order valence-corrected chi connectivity index (χ0v) is 21.9. The largest absolute Gasteiger partial charge is 0.573 e. The number of carboxylic acids is 1. The molecule has 1 atom stereocenters. The maximum Gasteiger partial charge on any atom is 0.573 e. The van der Waals surface area contributed by atoms with Crippen LogP contribution >= 0.6 is 0 Å². The Hall–Kier alpha value is -4.10. The molecule has 0 aliphatic rings. The second kappa shape index (κ2) is 10.5. The van der Waals surface area contributed by atoms with E-state index in [4.69, 9.17) is 0 Å². The second-order valence-corrected chi connectivity index (χ2v) is 10.5. The maximum absolute atomic E-state index is 15.9. The third-order valence-corrected chi connectivity index (χ3v) is 6.67. The summed E-state index contributed by atoms with van der Waals surface area (Å²) < 4.78 is 97.5. The van der Waals surface area contributed by atoms with E-state index in [1.807, 2.05) is 0 Å². The van der Waals surface area contributed by atoms with Crippen molar-refractivity contribution in [1.29, 1.82) is 0 Å². The minimum Gasteiger partial charge on any atom is -0.478 e. The number of pyridine rings is 1. The van der Waals surface area contributed by atoms with Gasteiger partial charge in [0.15, 0.2) is 11.6 Å². The van der Waals surface area contributed by atoms with Crippen molar-refractivity contribution in [3.8, 4) is 16.9 Å². The number of fused-ring (bicyclic) bond motifs is 1. The molecule has 0 amide bonds. The summed E-state index contributed by atoms with van der Waals surface area (Å²) in [6.45, 7) is 5.25. The van der Waals surface area contributed by atoms with E-state index in [9.17, 15) is 31.8 Å². The summed E-state index contributed by atoms with van der Waals surface area (Å²) in [4.78, 5) is 15.8. The van der Waals surface area contributed by atoms with Crippen LogP contribution in [0.1, 0.15) is 36.7 Å². The van der Waals surface area contributed by atoms with Gasteiger partial charge in [0, 0.05) is 17.1 Å². The molecule has 4 aromatic rings. The number of alkyl halides is 3. The minimum atomic E-state index is -5.28. The molecule has 3 aromatic carbocycles. The van der Waals surface area contributed by atoms with Crippen molar-refractivity contribution in [3.05, 3.63) is 83.6 Å². The SMILES string of the molecule is CC(C)(C)c1ccc(N(c2ccc(OC(F)(F)F)c(F)c2-c2ccc(C(=O)O)c3ncccc23)S(=O)O)cc1F. The molecular weight excluding hydrogens is 559 g/mol. The van der Waals surface area contributed by atoms with Crippen LogP contribution in [0.15, 0.2) is 60.8 Å². The van der Waals surface area contributed by atoms with Crippen LogP contribution in [0.2, 0.25) is 0 Å². The normalized spacial score (nSPS) is 12.8. The molecule has 40 heavy (non-hydrogen) atoms. The summed E-state index contributed by atoms with van der Waals surface area (Å²) in [6, 6.07) is 10.1. The van der Waals surface area contributed by atoms with Crippen molar-refractivity contribution in [3.63, 3.8) is 0 Å². The lowest BCUT2D eigenvalue weighted by molar-refractivity contribution is -0.275. The number of carboxylic acid groups (broad SMARTS) is 1. The van der Waals surface area contributed by atoms with E-state index < -0.39 is 57.6 Å². The van der Waals surface area contributed by atoms with Gasteiger partial charge >= 0.3 is 12.3 Å². The van der Waals surface area contributed by atoms with Crippen LogP contribution < -0.4 is 9.04 Å². The number of aromatic carboxylic acids is 1. The van der Waals surface area contributed by atoms with Crippen LogP contribution in [0.3, 0.4) is 0 Å². The lowest BCUT2D eigenvalue weighted by Crippen LogP contribution is -2.22. The van der Waals surface area contributed by atoms with Gasteiger partial charge < -0.3 is 9.84 Å². The van der Waals surface area contributed by atoms with Crippen molar-refractivity contribution >= 4 is 39.5 Å². The Morgan fingerprint density at radius 3 is 2.30 bits per heavy atom. The molecule has 0 saturated heterocycles. The highest BCUT2D eigenvalue weighted by molar-refractivity contribution is 7.81. The standard InChI is InChI=1S/C27H21F5N2O5S/c1-26(2,3)18-9-6-14(13-19(18)28)34(40(37)38)20-10-11-21(39-27(30,31)32)23(29)22(20)15-7-8-17(25(35)36)24-16(15)5-4-12-33-24/h4-13H,1-3H3,(H,35,36)(H,37,38). The smallest absolute Gasteiger partial charge is 0.478 e. The van der Waals surface area contributed by atoms with Gasteiger partial charge in [0.1, 0.15) is 5.82 Å². The zero-order chi connectivity index (χ0) is 29.6. The number of hydrogen-bond donors (Lipinski definition) is 2. The average Bonchev–Trinajstić information content (AvgIpc) is 2.84. The van der Waals surface area contributed by atoms with E-state index in [2.05, 4.69) is 9.72 Å². The highest BCUT2D eigenvalue weighted by Gasteiger charge is 2.35. The van der Waals surface area contributed by atoms with Gasteiger partial charge in [0.05, 0.1) is 22.5 Å². The summed E-state index contributed by atoms with van der Waals surface area (Å²) >= 11 is -2.98. The molecule has 0 saturated carbocycles. The molecule has 0 radical (unpaired) electrons. The first kappa shape index (κ1) is 28.9. The van der Waals surface area contributed by atoms with Gasteiger partial charge in [-0.25, -0.2) is 22.1 Å². The number of rotatable bonds is 6. The number of aromatic nitrogens is 1. The van der Waals surface area contributed by atoms with Crippen molar-refractivity contribution in [2.75, 3.05) is 4.31 Å². The number of benzene rings is 3. The molecule has 0 spiro atoms. The van der Waals surface area contributed by atoms with E-state index in [1.165, 1.54) is 30.5 Å². The number of halogens is 5. The highest BCUT2D eigenvalue weighted by Crippen LogP contribution is 2.45. The molecule has 210 valence electrons. The van der Waals surface area contributed by atoms with Crippen LogP contribution in [0.4, 0.5) is 33.3 Å². The zero-order valence-electron chi connectivity index (χ0n) is 21.1. The lowest BCUT2D eigenvalue weighted by Gasteiger charge is -2.26. The van der Waals surface area contributed by atoms with Crippen LogP contribution in [0.5, 0.6) is 5.75 Å². The first-order valence-corrected chi connectivity index (χ1v) is 12.6. The van der Waals surface area contributed by atoms with Gasteiger partial charge in [-0.15, -0.1) is 13.2 Å². The number of hydrogen-bond acceptors (Lipinski definition) is 4. The summed E-state index contributed by atoms with van der Waals surface area (Å²) in [5, 5.41) is 9.58. The molecule has 1 aromatic heterocycles. The van der Waals surface area contributed by atoms with Crippen LogP contribution in [0, 0.1) is 11.6 Å². The fraction of sp³-hybridized carbons (Fsp3) is 0.185. The topological polar surface area (TPSA) is 100.0 Å². The Balaban J connectivity index is 2.07. The predicted octanol–water partition coefficient (Wildman–Crippen LogP) is 7.35. The molecule has 0 aliphatic carbocycles. The van der Waals surface area contributed by atoms with Gasteiger partial charge in [-0.1, -0.05) is 39.0 Å². The van der Waals surface area contributed by atoms with Gasteiger partial charge in [0.25, 0.3) is 11.3 Å². The minimum absolute atomic E-state index is 0.0182. The van der Waals surface area contributed by atoms with Gasteiger partial charge in [-0.2, -0.15) is 0 Å². The third kappa shape index (κ3) is 5.61. The number of nitrogens with zero attached hydrogens (tertiary/aromatic N) is 2. The number of carbonyl (C=O) groups is 1. The Bertz CT molecular complexity index is 1650. The molecule has 0 aliphatic heterocycles. The number of ether oxygens (including phenoxy) is 1. The van der Waals surface area contributed by atoms with Gasteiger partial charge in [-0.3, -0.25) is 9.54 Å². The van der Waals surface area contributed by atoms with E-state index in [-0.39, 0.29) is 33.3 Å². The van der Waals surface area contributed by atoms with Crippen molar-refractivity contribution < 1.29 is 45.4 Å². The van der Waals surface area contributed by atoms with E-state index in [0.29, 0.717) is 10.4 Å². The predicted molar refractivity (Wildman–Crippen MR) is 139 cm³/mol. The van der Waals surface area contributed by atoms with Gasteiger partial charge in [-0.05, 0) is 52.9 Å². The molecule has 0 fully saturated rings. The number of anilines is 2. The lowest BCUT2D eigenvalue weighted by atomic mass is 9.86. The molecule has 2 N–H and O–H groups in total. The molecule has 13 heteroatoms. The van der Waals surface area contributed by atoms with Gasteiger partial charge in [0.2, 0.25) is 0 Å². The van der Waals surface area contributed by atoms with Crippen molar-refractivity contribution in [2.45, 2.75) is 32.5 Å². The Kier molecular flexibility index (Phi) is 7.56. The third-order valence-electron chi connectivity index (χ3n) is 5.95. The summed E-state index contributed by atoms with van der Waals surface area (Å²) in [7, 11) is 0.